The van der Waals surface area contributed by atoms with Crippen molar-refractivity contribution in [3.05, 3.63) is 34.9 Å². The fraction of sp³-hybridized carbons (Fsp3) is 0.533. The Bertz CT molecular complexity index is 402. The van der Waals surface area contributed by atoms with E-state index in [4.69, 9.17) is 0 Å². The molecule has 0 aliphatic carbocycles. The van der Waals surface area contributed by atoms with Crippen LogP contribution in [0.3, 0.4) is 0 Å². The number of carbonyl (C=O) groups is 1. The Morgan fingerprint density at radius 3 is 2.67 bits per heavy atom. The summed E-state index contributed by atoms with van der Waals surface area (Å²) in [5, 5.41) is 6.32. The summed E-state index contributed by atoms with van der Waals surface area (Å²) in [5.74, 6) is 0.136. The van der Waals surface area contributed by atoms with Gasteiger partial charge in [0.25, 0.3) is 0 Å². The molecule has 1 atom stereocenters. The van der Waals surface area contributed by atoms with Gasteiger partial charge in [-0.3, -0.25) is 4.79 Å². The Kier molecular flexibility index (Phi) is 4.37. The molecule has 1 aliphatic rings. The van der Waals surface area contributed by atoms with Crippen LogP contribution in [0.2, 0.25) is 0 Å². The zero-order valence-electron chi connectivity index (χ0n) is 11.3. The van der Waals surface area contributed by atoms with E-state index in [0.717, 1.165) is 19.4 Å². The van der Waals surface area contributed by atoms with Crippen LogP contribution in [0.1, 0.15) is 36.0 Å². The lowest BCUT2D eigenvalue weighted by atomic mass is 10.0. The molecule has 3 nitrogen and oxygen atoms in total. The minimum absolute atomic E-state index is 0.00285. The molecule has 2 rings (SSSR count). The quantitative estimate of drug-likeness (QED) is 0.857. The number of rotatable bonds is 3. The third-order valence-electron chi connectivity index (χ3n) is 3.71. The van der Waals surface area contributed by atoms with Crippen molar-refractivity contribution in [1.29, 1.82) is 0 Å². The summed E-state index contributed by atoms with van der Waals surface area (Å²) in [5.41, 5.74) is 3.72. The molecule has 1 saturated heterocycles. The molecule has 1 aromatic carbocycles. The predicted octanol–water partition coefficient (Wildman–Crippen LogP) is 2.06. The molecular weight excluding hydrogens is 224 g/mol. The molecule has 0 aromatic heterocycles. The maximum absolute atomic E-state index is 12.0. The average Bonchev–Trinajstić information content (AvgIpc) is 2.39. The van der Waals surface area contributed by atoms with E-state index in [2.05, 4.69) is 42.7 Å². The first-order valence-corrected chi connectivity index (χ1v) is 6.74. The van der Waals surface area contributed by atoms with E-state index in [1.54, 1.807) is 0 Å². The fourth-order valence-corrected chi connectivity index (χ4v) is 2.50. The molecule has 0 saturated carbocycles. The number of nitrogens with one attached hydrogen (secondary N) is 2. The second-order valence-corrected chi connectivity index (χ2v) is 5.09. The van der Waals surface area contributed by atoms with Gasteiger partial charge in [-0.05, 0) is 49.9 Å². The second kappa shape index (κ2) is 6.01. The van der Waals surface area contributed by atoms with Crippen LogP contribution in [0, 0.1) is 13.8 Å². The standard InChI is InChI=1S/C15H22N2O/c1-11-6-5-7-12(2)13(11)10-17-15(18)14-8-3-4-9-16-14/h5-7,14,16H,3-4,8-10H2,1-2H3,(H,17,18)/t14-/m0/s1. The second-order valence-electron chi connectivity index (χ2n) is 5.09. The molecule has 1 heterocycles. The maximum Gasteiger partial charge on any atom is 0.237 e. The van der Waals surface area contributed by atoms with Crippen LogP contribution in [-0.4, -0.2) is 18.5 Å². The summed E-state index contributed by atoms with van der Waals surface area (Å²) in [4.78, 5) is 12.0. The highest BCUT2D eigenvalue weighted by Gasteiger charge is 2.20. The van der Waals surface area contributed by atoms with Gasteiger partial charge in [-0.15, -0.1) is 0 Å². The van der Waals surface area contributed by atoms with E-state index < -0.39 is 0 Å². The van der Waals surface area contributed by atoms with Gasteiger partial charge >= 0.3 is 0 Å². The molecule has 0 radical (unpaired) electrons. The zero-order valence-corrected chi connectivity index (χ0v) is 11.3. The van der Waals surface area contributed by atoms with Crippen molar-refractivity contribution in [3.63, 3.8) is 0 Å². The van der Waals surface area contributed by atoms with Gasteiger partial charge in [-0.2, -0.15) is 0 Å². The smallest absolute Gasteiger partial charge is 0.237 e. The maximum atomic E-state index is 12.0. The number of hydrogen-bond donors (Lipinski definition) is 2. The van der Waals surface area contributed by atoms with Crippen molar-refractivity contribution in [2.75, 3.05) is 6.54 Å². The lowest BCUT2D eigenvalue weighted by Gasteiger charge is -2.23. The van der Waals surface area contributed by atoms with E-state index in [1.165, 1.54) is 23.1 Å². The highest BCUT2D eigenvalue weighted by Crippen LogP contribution is 2.13. The minimum atomic E-state index is 0.00285. The van der Waals surface area contributed by atoms with E-state index in [1.807, 2.05) is 0 Å². The van der Waals surface area contributed by atoms with Crippen LogP contribution >= 0.6 is 0 Å². The highest BCUT2D eigenvalue weighted by atomic mass is 16.2. The van der Waals surface area contributed by atoms with Crippen molar-refractivity contribution in [2.24, 2.45) is 0 Å². The molecule has 0 unspecified atom stereocenters. The fourth-order valence-electron chi connectivity index (χ4n) is 2.50. The molecule has 1 amide bonds. The van der Waals surface area contributed by atoms with Crippen molar-refractivity contribution >= 4 is 5.91 Å². The molecule has 3 heteroatoms. The summed E-state index contributed by atoms with van der Waals surface area (Å²) >= 11 is 0. The van der Waals surface area contributed by atoms with Crippen molar-refractivity contribution in [3.8, 4) is 0 Å². The van der Waals surface area contributed by atoms with Crippen molar-refractivity contribution in [1.82, 2.24) is 10.6 Å². The van der Waals surface area contributed by atoms with E-state index in [-0.39, 0.29) is 11.9 Å². The Hall–Kier alpha value is -1.35. The number of hydrogen-bond acceptors (Lipinski definition) is 2. The van der Waals surface area contributed by atoms with Gasteiger partial charge in [0.05, 0.1) is 6.04 Å². The number of benzene rings is 1. The topological polar surface area (TPSA) is 41.1 Å². The molecular formula is C15H22N2O. The minimum Gasteiger partial charge on any atom is -0.351 e. The van der Waals surface area contributed by atoms with Crippen molar-refractivity contribution < 1.29 is 4.79 Å². The Morgan fingerprint density at radius 1 is 1.33 bits per heavy atom. The van der Waals surface area contributed by atoms with E-state index in [0.29, 0.717) is 6.54 Å². The van der Waals surface area contributed by atoms with Gasteiger partial charge in [0.2, 0.25) is 5.91 Å². The van der Waals surface area contributed by atoms with Crippen LogP contribution in [-0.2, 0) is 11.3 Å². The monoisotopic (exact) mass is 246 g/mol. The highest BCUT2D eigenvalue weighted by molar-refractivity contribution is 5.81. The Balaban J connectivity index is 1.92. The van der Waals surface area contributed by atoms with Gasteiger partial charge in [0.15, 0.2) is 0 Å². The third-order valence-corrected chi connectivity index (χ3v) is 3.71. The molecule has 18 heavy (non-hydrogen) atoms. The number of aryl methyl sites for hydroxylation is 2. The van der Waals surface area contributed by atoms with Crippen LogP contribution in [0.15, 0.2) is 18.2 Å². The average molecular weight is 246 g/mol. The van der Waals surface area contributed by atoms with Crippen LogP contribution in [0.4, 0.5) is 0 Å². The predicted molar refractivity (Wildman–Crippen MR) is 73.4 cm³/mol. The van der Waals surface area contributed by atoms with Crippen LogP contribution < -0.4 is 10.6 Å². The van der Waals surface area contributed by atoms with Crippen LogP contribution in [0.5, 0.6) is 0 Å². The number of piperidine rings is 1. The number of amides is 1. The Labute approximate surface area is 109 Å². The third kappa shape index (κ3) is 3.10. The summed E-state index contributed by atoms with van der Waals surface area (Å²) in [6.45, 7) is 5.78. The van der Waals surface area contributed by atoms with Gasteiger partial charge in [0.1, 0.15) is 0 Å². The largest absolute Gasteiger partial charge is 0.351 e. The first kappa shape index (κ1) is 13.1. The zero-order chi connectivity index (χ0) is 13.0. The first-order valence-electron chi connectivity index (χ1n) is 6.74. The normalized spacial score (nSPS) is 19.6. The van der Waals surface area contributed by atoms with Crippen molar-refractivity contribution in [2.45, 2.75) is 45.7 Å². The molecule has 2 N–H and O–H groups in total. The van der Waals surface area contributed by atoms with E-state index in [9.17, 15) is 4.79 Å². The van der Waals surface area contributed by atoms with Gasteiger partial charge in [-0.25, -0.2) is 0 Å². The van der Waals surface area contributed by atoms with Gasteiger partial charge < -0.3 is 10.6 Å². The van der Waals surface area contributed by atoms with Gasteiger partial charge in [-0.1, -0.05) is 24.6 Å². The lowest BCUT2D eigenvalue weighted by Crippen LogP contribution is -2.46. The SMILES string of the molecule is Cc1cccc(C)c1CNC(=O)[C@@H]1CCCCN1. The number of carbonyl (C=O) groups excluding carboxylic acids is 1. The van der Waals surface area contributed by atoms with E-state index >= 15 is 0 Å². The molecule has 1 aromatic rings. The molecule has 98 valence electrons. The summed E-state index contributed by atoms with van der Waals surface area (Å²) in [7, 11) is 0. The molecule has 1 fully saturated rings. The molecule has 0 bridgehead atoms. The first-order chi connectivity index (χ1) is 8.68. The summed E-state index contributed by atoms with van der Waals surface area (Å²) in [6.07, 6.45) is 3.29. The molecule has 0 spiro atoms. The summed E-state index contributed by atoms with van der Waals surface area (Å²) < 4.78 is 0. The van der Waals surface area contributed by atoms with Crippen LogP contribution in [0.25, 0.3) is 0 Å². The molecule has 1 aliphatic heterocycles. The van der Waals surface area contributed by atoms with Gasteiger partial charge in [0, 0.05) is 6.54 Å². The summed E-state index contributed by atoms with van der Waals surface area (Å²) in [6, 6.07) is 6.24. The lowest BCUT2D eigenvalue weighted by molar-refractivity contribution is -0.123. The Morgan fingerprint density at radius 2 is 2.06 bits per heavy atom.